The molecule has 0 spiro atoms. The zero-order valence-corrected chi connectivity index (χ0v) is 27.0. The van der Waals surface area contributed by atoms with E-state index in [0.717, 1.165) is 0 Å². The maximum absolute atomic E-state index is 2.70. The summed E-state index contributed by atoms with van der Waals surface area (Å²) >= 11 is -1.48. The predicted molar refractivity (Wildman–Crippen MR) is 146 cm³/mol. The minimum absolute atomic E-state index is 0.671. The molecule has 0 saturated heterocycles. The van der Waals surface area contributed by atoms with Crippen LogP contribution in [0.4, 0.5) is 0 Å². The summed E-state index contributed by atoms with van der Waals surface area (Å²) in [6.45, 7) is 32.2. The first-order valence-corrected chi connectivity index (χ1v) is 20.6. The molecule has 0 atom stereocenters. The molecule has 0 amide bonds. The van der Waals surface area contributed by atoms with Gasteiger partial charge in [-0.3, -0.25) is 0 Å². The standard InChI is InChI=1S/3C9H20N.Sn.H/c3*1-6-7-10(8(2)3)9(4)5;;/h3*8-9H,1,6-7H2,2-5H3;;. The minimum atomic E-state index is -1.48. The average molecular weight is 547 g/mol. The third kappa shape index (κ3) is 13.9. The van der Waals surface area contributed by atoms with Crippen LogP contribution in [0.3, 0.4) is 0 Å². The van der Waals surface area contributed by atoms with Gasteiger partial charge in [0.25, 0.3) is 0 Å². The fraction of sp³-hybridized carbons (Fsp3) is 1.00. The van der Waals surface area contributed by atoms with Gasteiger partial charge in [-0.1, -0.05) is 0 Å². The zero-order chi connectivity index (χ0) is 24.1. The van der Waals surface area contributed by atoms with Crippen LogP contribution in [0.2, 0.25) is 13.3 Å². The van der Waals surface area contributed by atoms with Crippen molar-refractivity contribution in [2.24, 2.45) is 0 Å². The summed E-state index contributed by atoms with van der Waals surface area (Å²) in [5.41, 5.74) is 0. The Morgan fingerprint density at radius 3 is 0.742 bits per heavy atom. The molecule has 0 heterocycles. The average Bonchev–Trinajstić information content (AvgIpc) is 2.62. The summed E-state index contributed by atoms with van der Waals surface area (Å²) in [4.78, 5) is 8.09. The SMILES string of the molecule is CC(C)N(CC[CH2][SnH]([CH2]CCN(C(C)C)C(C)C)[CH2]CCN(C(C)C)C(C)C)C(C)C. The van der Waals surface area contributed by atoms with Crippen molar-refractivity contribution in [2.75, 3.05) is 19.6 Å². The van der Waals surface area contributed by atoms with Gasteiger partial charge in [-0.05, 0) is 0 Å². The number of rotatable bonds is 18. The molecule has 188 valence electrons. The van der Waals surface area contributed by atoms with Crippen LogP contribution < -0.4 is 0 Å². The van der Waals surface area contributed by atoms with Crippen LogP contribution in [0.25, 0.3) is 0 Å². The Labute approximate surface area is 205 Å². The fourth-order valence-electron chi connectivity index (χ4n) is 5.46. The van der Waals surface area contributed by atoms with Crippen LogP contribution >= 0.6 is 0 Å². The molecule has 0 aromatic carbocycles. The van der Waals surface area contributed by atoms with Crippen LogP contribution in [0.1, 0.15) is 102 Å². The summed E-state index contributed by atoms with van der Waals surface area (Å²) < 4.78 is 4.80. The van der Waals surface area contributed by atoms with Crippen molar-refractivity contribution in [2.45, 2.75) is 152 Å². The Bertz CT molecular complexity index is 335. The Kier molecular flexibility index (Phi) is 17.5. The maximum atomic E-state index is 2.70. The van der Waals surface area contributed by atoms with Crippen molar-refractivity contribution in [3.05, 3.63) is 0 Å². The van der Waals surface area contributed by atoms with E-state index in [1.807, 2.05) is 0 Å². The van der Waals surface area contributed by atoms with Gasteiger partial charge >= 0.3 is 206 Å². The molecule has 0 radical (unpaired) electrons. The number of nitrogens with zero attached hydrogens (tertiary/aromatic N) is 3. The van der Waals surface area contributed by atoms with E-state index in [0.29, 0.717) is 36.3 Å². The second-order valence-corrected chi connectivity index (χ2v) is 21.5. The van der Waals surface area contributed by atoms with Crippen molar-refractivity contribution in [1.29, 1.82) is 0 Å². The van der Waals surface area contributed by atoms with E-state index in [9.17, 15) is 0 Å². The summed E-state index contributed by atoms with van der Waals surface area (Å²) in [6, 6.07) is 4.03. The van der Waals surface area contributed by atoms with Crippen molar-refractivity contribution >= 4 is 19.8 Å². The summed E-state index contributed by atoms with van der Waals surface area (Å²) in [6.07, 6.45) is 4.31. The van der Waals surface area contributed by atoms with Gasteiger partial charge in [0.2, 0.25) is 0 Å². The van der Waals surface area contributed by atoms with E-state index in [2.05, 4.69) is 97.8 Å². The topological polar surface area (TPSA) is 9.72 Å². The summed E-state index contributed by atoms with van der Waals surface area (Å²) in [5, 5.41) is 0. The molecule has 31 heavy (non-hydrogen) atoms. The molecule has 0 rings (SSSR count). The Morgan fingerprint density at radius 1 is 0.387 bits per heavy atom. The number of hydrogen-bond donors (Lipinski definition) is 0. The normalized spacial score (nSPS) is 13.4. The van der Waals surface area contributed by atoms with Gasteiger partial charge in [-0.25, -0.2) is 0 Å². The molecule has 0 saturated carbocycles. The van der Waals surface area contributed by atoms with Gasteiger partial charge in [0.15, 0.2) is 0 Å². The van der Waals surface area contributed by atoms with Gasteiger partial charge in [-0.15, -0.1) is 0 Å². The Hall–Kier alpha value is 0.679. The van der Waals surface area contributed by atoms with Gasteiger partial charge in [0.05, 0.1) is 0 Å². The second kappa shape index (κ2) is 17.2. The second-order valence-electron chi connectivity index (χ2n) is 11.6. The third-order valence-electron chi connectivity index (χ3n) is 7.07. The van der Waals surface area contributed by atoms with Gasteiger partial charge in [0.1, 0.15) is 0 Å². The van der Waals surface area contributed by atoms with E-state index in [4.69, 9.17) is 0 Å². The third-order valence-corrected chi connectivity index (χ3v) is 17.6. The first-order chi connectivity index (χ1) is 14.4. The van der Waals surface area contributed by atoms with Gasteiger partial charge in [0, 0.05) is 0 Å². The van der Waals surface area contributed by atoms with Crippen molar-refractivity contribution in [3.8, 4) is 0 Å². The molecule has 0 N–H and O–H groups in total. The molecule has 0 aromatic heterocycles. The first kappa shape index (κ1) is 31.7. The van der Waals surface area contributed by atoms with Crippen LogP contribution in [-0.4, -0.2) is 90.3 Å². The predicted octanol–water partition coefficient (Wildman–Crippen LogP) is 6.74. The molecule has 0 unspecified atom stereocenters. The molecule has 0 bridgehead atoms. The van der Waals surface area contributed by atoms with Gasteiger partial charge < -0.3 is 0 Å². The monoisotopic (exact) mass is 547 g/mol. The van der Waals surface area contributed by atoms with E-state index in [-0.39, 0.29) is 0 Å². The molecule has 0 aliphatic carbocycles. The van der Waals surface area contributed by atoms with E-state index in [1.54, 1.807) is 13.3 Å². The van der Waals surface area contributed by atoms with Crippen LogP contribution in [0, 0.1) is 0 Å². The van der Waals surface area contributed by atoms with E-state index < -0.39 is 19.8 Å². The van der Waals surface area contributed by atoms with Crippen molar-refractivity contribution in [1.82, 2.24) is 14.7 Å². The Balaban J connectivity index is 4.80. The molecule has 3 nitrogen and oxygen atoms in total. The molecule has 0 aliphatic heterocycles. The van der Waals surface area contributed by atoms with Crippen LogP contribution in [0.5, 0.6) is 0 Å². The quantitative estimate of drug-likeness (QED) is 0.176. The van der Waals surface area contributed by atoms with E-state index >= 15 is 0 Å². The van der Waals surface area contributed by atoms with E-state index in [1.165, 1.54) is 38.9 Å². The molecule has 0 fully saturated rings. The zero-order valence-electron chi connectivity index (χ0n) is 23.7. The summed E-state index contributed by atoms with van der Waals surface area (Å²) in [7, 11) is 0. The molecule has 0 aliphatic rings. The molecular formula is C27H61N3Sn. The molecular weight excluding hydrogens is 485 g/mol. The van der Waals surface area contributed by atoms with Crippen LogP contribution in [0.15, 0.2) is 0 Å². The molecule has 0 aromatic rings. The summed E-state index contributed by atoms with van der Waals surface area (Å²) in [5.74, 6) is 0. The first-order valence-electron chi connectivity index (χ1n) is 13.7. The number of hydrogen-bond acceptors (Lipinski definition) is 3. The molecule has 4 heteroatoms. The van der Waals surface area contributed by atoms with Crippen molar-refractivity contribution < 1.29 is 0 Å². The Morgan fingerprint density at radius 2 is 0.581 bits per heavy atom. The van der Waals surface area contributed by atoms with Crippen molar-refractivity contribution in [3.63, 3.8) is 0 Å². The van der Waals surface area contributed by atoms with Gasteiger partial charge in [-0.2, -0.15) is 0 Å². The van der Waals surface area contributed by atoms with Crippen LogP contribution in [-0.2, 0) is 0 Å². The fourth-order valence-corrected chi connectivity index (χ4v) is 14.4.